The highest BCUT2D eigenvalue weighted by Crippen LogP contribution is 2.29. The molecule has 21 heavy (non-hydrogen) atoms. The summed E-state index contributed by atoms with van der Waals surface area (Å²) in [6.45, 7) is 7.91. The molecule has 1 aliphatic heterocycles. The molecular formula is C18H26N2O. The minimum atomic E-state index is 0.275. The minimum absolute atomic E-state index is 0.275. The Labute approximate surface area is 127 Å². The number of aryl methyl sites for hydroxylation is 1. The van der Waals surface area contributed by atoms with Crippen LogP contribution in [0.3, 0.4) is 0 Å². The largest absolute Gasteiger partial charge is 0.459 e. The Morgan fingerprint density at radius 1 is 1.29 bits per heavy atom. The average Bonchev–Trinajstić information content (AvgIpc) is 2.84. The van der Waals surface area contributed by atoms with Gasteiger partial charge < -0.3 is 14.6 Å². The van der Waals surface area contributed by atoms with Gasteiger partial charge in [-0.05, 0) is 70.9 Å². The van der Waals surface area contributed by atoms with Crippen LogP contribution in [0.15, 0.2) is 28.7 Å². The summed E-state index contributed by atoms with van der Waals surface area (Å²) < 4.78 is 6.05. The first kappa shape index (κ1) is 14.6. The lowest BCUT2D eigenvalue weighted by molar-refractivity contribution is 0.212. The standard InChI is InChI=1S/C18H26N2O/c1-13-16-6-4-5-7-17(16)21-18(13)14(2)19-12-15-8-10-20(3)11-9-15/h4-7,14-15,19H,8-12H2,1-3H3. The first-order chi connectivity index (χ1) is 10.1. The van der Waals surface area contributed by atoms with Gasteiger partial charge >= 0.3 is 0 Å². The summed E-state index contributed by atoms with van der Waals surface area (Å²) in [5.74, 6) is 1.89. The van der Waals surface area contributed by atoms with Gasteiger partial charge in [0.1, 0.15) is 11.3 Å². The maximum absolute atomic E-state index is 6.05. The van der Waals surface area contributed by atoms with Crippen LogP contribution in [0.1, 0.15) is 37.1 Å². The van der Waals surface area contributed by atoms with E-state index in [1.165, 1.54) is 36.9 Å². The van der Waals surface area contributed by atoms with Crippen LogP contribution in [0.4, 0.5) is 0 Å². The van der Waals surface area contributed by atoms with Crippen molar-refractivity contribution in [2.24, 2.45) is 5.92 Å². The number of likely N-dealkylation sites (tertiary alicyclic amines) is 1. The number of piperidine rings is 1. The van der Waals surface area contributed by atoms with E-state index in [4.69, 9.17) is 4.42 Å². The molecule has 2 heterocycles. The molecule has 3 rings (SSSR count). The third-order valence-corrected chi connectivity index (χ3v) is 4.82. The van der Waals surface area contributed by atoms with E-state index >= 15 is 0 Å². The number of furan rings is 1. The molecule has 1 saturated heterocycles. The lowest BCUT2D eigenvalue weighted by Gasteiger charge is -2.29. The van der Waals surface area contributed by atoms with Crippen molar-refractivity contribution in [2.75, 3.05) is 26.7 Å². The third-order valence-electron chi connectivity index (χ3n) is 4.82. The number of hydrogen-bond donors (Lipinski definition) is 1. The predicted molar refractivity (Wildman–Crippen MR) is 87.6 cm³/mol. The second kappa shape index (κ2) is 6.20. The molecule has 0 saturated carbocycles. The zero-order chi connectivity index (χ0) is 14.8. The van der Waals surface area contributed by atoms with Crippen LogP contribution in [0, 0.1) is 12.8 Å². The Bertz CT molecular complexity index is 596. The molecule has 114 valence electrons. The van der Waals surface area contributed by atoms with Crippen LogP contribution in [0.5, 0.6) is 0 Å². The number of benzene rings is 1. The molecule has 1 aromatic carbocycles. The van der Waals surface area contributed by atoms with Gasteiger partial charge in [0.05, 0.1) is 6.04 Å². The topological polar surface area (TPSA) is 28.4 Å². The second-order valence-corrected chi connectivity index (χ2v) is 6.46. The van der Waals surface area contributed by atoms with E-state index in [0.717, 1.165) is 23.8 Å². The number of nitrogens with one attached hydrogen (secondary N) is 1. The van der Waals surface area contributed by atoms with Crippen molar-refractivity contribution >= 4 is 11.0 Å². The first-order valence-electron chi connectivity index (χ1n) is 8.05. The smallest absolute Gasteiger partial charge is 0.134 e. The highest BCUT2D eigenvalue weighted by Gasteiger charge is 2.20. The van der Waals surface area contributed by atoms with Gasteiger partial charge in [0.2, 0.25) is 0 Å². The molecule has 1 N–H and O–H groups in total. The van der Waals surface area contributed by atoms with Crippen molar-refractivity contribution in [1.82, 2.24) is 10.2 Å². The maximum atomic E-state index is 6.05. The number of para-hydroxylation sites is 1. The monoisotopic (exact) mass is 286 g/mol. The fraction of sp³-hybridized carbons (Fsp3) is 0.556. The molecule has 3 heteroatoms. The van der Waals surface area contributed by atoms with Gasteiger partial charge in [-0.1, -0.05) is 18.2 Å². The van der Waals surface area contributed by atoms with Crippen LogP contribution in [0.2, 0.25) is 0 Å². The lowest BCUT2D eigenvalue weighted by atomic mass is 9.96. The molecule has 1 aromatic heterocycles. The van der Waals surface area contributed by atoms with Crippen LogP contribution in [0.25, 0.3) is 11.0 Å². The normalized spacial score (nSPS) is 19.2. The van der Waals surface area contributed by atoms with E-state index in [9.17, 15) is 0 Å². The van der Waals surface area contributed by atoms with Crippen molar-refractivity contribution in [3.05, 3.63) is 35.6 Å². The molecule has 1 fully saturated rings. The molecule has 0 radical (unpaired) electrons. The Morgan fingerprint density at radius 3 is 2.71 bits per heavy atom. The maximum Gasteiger partial charge on any atom is 0.134 e. The Morgan fingerprint density at radius 2 is 2.00 bits per heavy atom. The zero-order valence-electron chi connectivity index (χ0n) is 13.4. The Hall–Kier alpha value is -1.32. The summed E-state index contributed by atoms with van der Waals surface area (Å²) in [7, 11) is 2.21. The molecule has 1 aliphatic rings. The summed E-state index contributed by atoms with van der Waals surface area (Å²) in [5, 5.41) is 4.91. The molecule has 1 atom stereocenters. The number of fused-ring (bicyclic) bond motifs is 1. The van der Waals surface area contributed by atoms with E-state index in [1.54, 1.807) is 0 Å². The number of hydrogen-bond acceptors (Lipinski definition) is 3. The van der Waals surface area contributed by atoms with Gasteiger partial charge in [-0.3, -0.25) is 0 Å². The summed E-state index contributed by atoms with van der Waals surface area (Å²) in [4.78, 5) is 2.42. The van der Waals surface area contributed by atoms with E-state index in [-0.39, 0.29) is 6.04 Å². The summed E-state index contributed by atoms with van der Waals surface area (Å²) in [5.41, 5.74) is 2.27. The van der Waals surface area contributed by atoms with Crippen LogP contribution in [-0.4, -0.2) is 31.6 Å². The molecular weight excluding hydrogens is 260 g/mol. The number of nitrogens with zero attached hydrogens (tertiary/aromatic N) is 1. The second-order valence-electron chi connectivity index (χ2n) is 6.46. The van der Waals surface area contributed by atoms with Gasteiger partial charge in [-0.15, -0.1) is 0 Å². The van der Waals surface area contributed by atoms with Gasteiger partial charge in [0, 0.05) is 5.39 Å². The zero-order valence-corrected chi connectivity index (χ0v) is 13.4. The van der Waals surface area contributed by atoms with Gasteiger partial charge in [0.15, 0.2) is 0 Å². The summed E-state index contributed by atoms with van der Waals surface area (Å²) in [6.07, 6.45) is 2.60. The van der Waals surface area contributed by atoms with Crippen molar-refractivity contribution < 1.29 is 4.42 Å². The molecule has 0 amide bonds. The molecule has 0 aliphatic carbocycles. The molecule has 3 nitrogen and oxygen atoms in total. The predicted octanol–water partition coefficient (Wildman–Crippen LogP) is 3.73. The molecule has 0 spiro atoms. The quantitative estimate of drug-likeness (QED) is 0.928. The Balaban J connectivity index is 1.64. The van der Waals surface area contributed by atoms with Gasteiger partial charge in [-0.25, -0.2) is 0 Å². The fourth-order valence-corrected chi connectivity index (χ4v) is 3.31. The highest BCUT2D eigenvalue weighted by atomic mass is 16.3. The number of rotatable bonds is 4. The molecule has 1 unspecified atom stereocenters. The minimum Gasteiger partial charge on any atom is -0.459 e. The van der Waals surface area contributed by atoms with Crippen molar-refractivity contribution in [3.8, 4) is 0 Å². The van der Waals surface area contributed by atoms with Crippen molar-refractivity contribution in [1.29, 1.82) is 0 Å². The average molecular weight is 286 g/mol. The summed E-state index contributed by atoms with van der Waals surface area (Å²) in [6, 6.07) is 8.57. The molecule has 2 aromatic rings. The molecule has 0 bridgehead atoms. The van der Waals surface area contributed by atoms with E-state index in [1.807, 2.05) is 6.07 Å². The van der Waals surface area contributed by atoms with Crippen molar-refractivity contribution in [3.63, 3.8) is 0 Å². The Kier molecular flexibility index (Phi) is 4.32. The summed E-state index contributed by atoms with van der Waals surface area (Å²) >= 11 is 0. The van der Waals surface area contributed by atoms with Crippen LogP contribution in [-0.2, 0) is 0 Å². The van der Waals surface area contributed by atoms with Gasteiger partial charge in [-0.2, -0.15) is 0 Å². The fourth-order valence-electron chi connectivity index (χ4n) is 3.31. The lowest BCUT2D eigenvalue weighted by Crippen LogP contribution is -2.35. The van der Waals surface area contributed by atoms with E-state index < -0.39 is 0 Å². The van der Waals surface area contributed by atoms with E-state index in [2.05, 4.69) is 49.3 Å². The SMILES string of the molecule is Cc1c(C(C)NCC2CCN(C)CC2)oc2ccccc12. The van der Waals surface area contributed by atoms with E-state index in [0.29, 0.717) is 0 Å². The third kappa shape index (κ3) is 3.14. The first-order valence-corrected chi connectivity index (χ1v) is 8.05. The van der Waals surface area contributed by atoms with Crippen molar-refractivity contribution in [2.45, 2.75) is 32.7 Å². The highest BCUT2D eigenvalue weighted by molar-refractivity contribution is 5.82. The van der Waals surface area contributed by atoms with Crippen LogP contribution < -0.4 is 5.32 Å². The van der Waals surface area contributed by atoms with Gasteiger partial charge in [0.25, 0.3) is 0 Å². The van der Waals surface area contributed by atoms with Crippen LogP contribution >= 0.6 is 0 Å².